The van der Waals surface area contributed by atoms with Gasteiger partial charge in [-0.15, -0.1) is 0 Å². The van der Waals surface area contributed by atoms with Crippen molar-refractivity contribution in [3.05, 3.63) is 24.0 Å². The van der Waals surface area contributed by atoms with E-state index in [2.05, 4.69) is 20.9 Å². The van der Waals surface area contributed by atoms with Crippen molar-refractivity contribution >= 4 is 34.4 Å². The van der Waals surface area contributed by atoms with Crippen molar-refractivity contribution in [1.82, 2.24) is 20.2 Å². The molecule has 1 aliphatic carbocycles. The van der Waals surface area contributed by atoms with Crippen LogP contribution < -0.4 is 10.8 Å². The van der Waals surface area contributed by atoms with Crippen molar-refractivity contribution in [1.29, 1.82) is 0 Å². The molecule has 4 N–H and O–H groups in total. The highest BCUT2D eigenvalue weighted by molar-refractivity contribution is 5.97. The summed E-state index contributed by atoms with van der Waals surface area (Å²) in [5, 5.41) is 27.6. The Hall–Kier alpha value is -3.14. The summed E-state index contributed by atoms with van der Waals surface area (Å²) in [7, 11) is 0. The molecule has 1 atom stereocenters. The number of aromatic nitrogens is 3. The van der Waals surface area contributed by atoms with E-state index in [1.54, 1.807) is 17.1 Å². The lowest BCUT2D eigenvalue weighted by molar-refractivity contribution is -0.168. The van der Waals surface area contributed by atoms with Gasteiger partial charge in [0.2, 0.25) is 5.60 Å². The zero-order valence-electron chi connectivity index (χ0n) is 16.7. The van der Waals surface area contributed by atoms with Crippen molar-refractivity contribution in [2.45, 2.75) is 63.6 Å². The van der Waals surface area contributed by atoms with Crippen LogP contribution in [0.3, 0.4) is 0 Å². The van der Waals surface area contributed by atoms with E-state index in [4.69, 9.17) is 9.94 Å². The monoisotopic (exact) mass is 415 g/mol. The van der Waals surface area contributed by atoms with Gasteiger partial charge in [0, 0.05) is 24.3 Å². The molecule has 160 valence electrons. The number of anilines is 1. The highest BCUT2D eigenvalue weighted by atomic mass is 16.7. The van der Waals surface area contributed by atoms with Crippen LogP contribution in [-0.4, -0.2) is 48.6 Å². The van der Waals surface area contributed by atoms with Gasteiger partial charge in [0.25, 0.3) is 0 Å². The van der Waals surface area contributed by atoms with Crippen LogP contribution in [0.25, 0.3) is 16.7 Å². The quantitative estimate of drug-likeness (QED) is 0.537. The molecule has 0 spiro atoms. The standard InChI is InChI=1S/C20H25N5O5/c1-2-25-18-14(11-22-25)17(23-12-6-4-3-5-7-12)13(10-21-18)15-8-20(19(28)29,30-24-15)9-16(26)27/h8,10-12,24H,2-7,9H2,1H3,(H,21,23)(H,26,27)(H,28,29)/t20-/m0/s1. The van der Waals surface area contributed by atoms with Crippen LogP contribution in [0.2, 0.25) is 0 Å². The third-order valence-corrected chi connectivity index (χ3v) is 5.71. The van der Waals surface area contributed by atoms with Gasteiger partial charge in [-0.1, -0.05) is 19.3 Å². The van der Waals surface area contributed by atoms with Crippen molar-refractivity contribution in [2.24, 2.45) is 0 Å². The van der Waals surface area contributed by atoms with Gasteiger partial charge < -0.3 is 15.5 Å². The van der Waals surface area contributed by atoms with Gasteiger partial charge in [0.05, 0.1) is 29.4 Å². The van der Waals surface area contributed by atoms with Crippen LogP contribution in [0.1, 0.15) is 51.0 Å². The maximum Gasteiger partial charge on any atom is 0.343 e. The molecule has 0 amide bonds. The summed E-state index contributed by atoms with van der Waals surface area (Å²) in [6.07, 6.45) is 9.62. The molecular weight excluding hydrogens is 390 g/mol. The first-order valence-electron chi connectivity index (χ1n) is 10.2. The summed E-state index contributed by atoms with van der Waals surface area (Å²) in [6.45, 7) is 2.65. The van der Waals surface area contributed by atoms with Crippen LogP contribution in [-0.2, 0) is 21.0 Å². The fourth-order valence-electron chi connectivity index (χ4n) is 4.13. The molecule has 2 aromatic rings. The average Bonchev–Trinajstić information content (AvgIpc) is 3.33. The smallest absolute Gasteiger partial charge is 0.343 e. The number of hydrogen-bond donors (Lipinski definition) is 4. The zero-order chi connectivity index (χ0) is 21.3. The number of nitrogens with zero attached hydrogens (tertiary/aromatic N) is 3. The van der Waals surface area contributed by atoms with Crippen molar-refractivity contribution in [2.75, 3.05) is 5.32 Å². The lowest BCUT2D eigenvalue weighted by atomic mass is 9.94. The van der Waals surface area contributed by atoms with Crippen molar-refractivity contribution < 1.29 is 24.6 Å². The third-order valence-electron chi connectivity index (χ3n) is 5.71. The molecule has 2 aliphatic rings. The number of carboxylic acid groups (broad SMARTS) is 2. The second kappa shape index (κ2) is 7.94. The summed E-state index contributed by atoms with van der Waals surface area (Å²) < 4.78 is 1.80. The molecule has 0 aromatic carbocycles. The normalized spacial score (nSPS) is 22.0. The summed E-state index contributed by atoms with van der Waals surface area (Å²) in [5.41, 5.74) is 3.16. The number of fused-ring (bicyclic) bond motifs is 1. The Labute approximate surface area is 172 Å². The lowest BCUT2D eigenvalue weighted by Gasteiger charge is -2.25. The van der Waals surface area contributed by atoms with E-state index in [0.717, 1.165) is 42.4 Å². The number of hydrogen-bond acceptors (Lipinski definition) is 7. The molecule has 0 saturated heterocycles. The summed E-state index contributed by atoms with van der Waals surface area (Å²) >= 11 is 0. The molecular formula is C20H25N5O5. The molecule has 0 radical (unpaired) electrons. The first-order valence-corrected chi connectivity index (χ1v) is 10.2. The number of pyridine rings is 1. The Morgan fingerprint density at radius 3 is 2.73 bits per heavy atom. The average molecular weight is 415 g/mol. The first-order chi connectivity index (χ1) is 14.4. The molecule has 4 rings (SSSR count). The Balaban J connectivity index is 1.79. The predicted octanol–water partition coefficient (Wildman–Crippen LogP) is 2.37. The molecule has 0 unspecified atom stereocenters. The van der Waals surface area contributed by atoms with Crippen LogP contribution in [0.4, 0.5) is 5.69 Å². The van der Waals surface area contributed by atoms with E-state index in [-0.39, 0.29) is 0 Å². The van der Waals surface area contributed by atoms with Crippen LogP contribution >= 0.6 is 0 Å². The van der Waals surface area contributed by atoms with E-state index < -0.39 is 24.0 Å². The van der Waals surface area contributed by atoms with E-state index >= 15 is 0 Å². The van der Waals surface area contributed by atoms with Crippen molar-refractivity contribution in [3.63, 3.8) is 0 Å². The number of aliphatic carboxylic acids is 2. The molecule has 3 heterocycles. The van der Waals surface area contributed by atoms with Gasteiger partial charge in [-0.05, 0) is 25.8 Å². The van der Waals surface area contributed by atoms with Crippen molar-refractivity contribution in [3.8, 4) is 0 Å². The molecule has 2 aromatic heterocycles. The first kappa shape index (κ1) is 20.1. The molecule has 1 fully saturated rings. The maximum atomic E-state index is 11.8. The van der Waals surface area contributed by atoms with Crippen LogP contribution in [0.15, 0.2) is 18.5 Å². The highest BCUT2D eigenvalue weighted by Crippen LogP contribution is 2.36. The molecule has 1 aliphatic heterocycles. The molecule has 1 saturated carbocycles. The van der Waals surface area contributed by atoms with Crippen LogP contribution in [0.5, 0.6) is 0 Å². The van der Waals surface area contributed by atoms with E-state index in [0.29, 0.717) is 23.8 Å². The number of hydroxylamine groups is 1. The topological polar surface area (TPSA) is 139 Å². The van der Waals surface area contributed by atoms with Gasteiger partial charge in [-0.3, -0.25) is 15.1 Å². The SMILES string of the molecule is CCn1ncc2c(NC3CCCCC3)c(C3=C[C@](CC(=O)O)(C(=O)O)ON3)cnc21. The van der Waals surface area contributed by atoms with E-state index in [1.807, 2.05) is 6.92 Å². The fourth-order valence-corrected chi connectivity index (χ4v) is 4.13. The van der Waals surface area contributed by atoms with Gasteiger partial charge >= 0.3 is 11.9 Å². The number of carboxylic acids is 2. The summed E-state index contributed by atoms with van der Waals surface area (Å²) in [4.78, 5) is 32.8. The number of carbonyl (C=O) groups is 2. The third kappa shape index (κ3) is 3.58. The zero-order valence-corrected chi connectivity index (χ0v) is 16.7. The Morgan fingerprint density at radius 1 is 1.30 bits per heavy atom. The minimum Gasteiger partial charge on any atom is -0.481 e. The summed E-state index contributed by atoms with van der Waals surface area (Å²) in [5.74, 6) is -2.64. The fraction of sp³-hybridized carbons (Fsp3) is 0.500. The number of rotatable bonds is 7. The van der Waals surface area contributed by atoms with Gasteiger partial charge in [0.1, 0.15) is 0 Å². The second-order valence-corrected chi connectivity index (χ2v) is 7.75. The number of aryl methyl sites for hydroxylation is 1. The second-order valence-electron chi connectivity index (χ2n) is 7.75. The van der Waals surface area contributed by atoms with Gasteiger partial charge in [0.15, 0.2) is 5.65 Å². The molecule has 10 nitrogen and oxygen atoms in total. The minimum atomic E-state index is -1.98. The Bertz CT molecular complexity index is 1010. The minimum absolute atomic E-state index is 0.291. The highest BCUT2D eigenvalue weighted by Gasteiger charge is 2.46. The van der Waals surface area contributed by atoms with Crippen LogP contribution in [0, 0.1) is 0 Å². The molecule has 30 heavy (non-hydrogen) atoms. The van der Waals surface area contributed by atoms with E-state index in [1.165, 1.54) is 12.5 Å². The Kier molecular flexibility index (Phi) is 5.33. The predicted molar refractivity (Wildman–Crippen MR) is 109 cm³/mol. The lowest BCUT2D eigenvalue weighted by Crippen LogP contribution is -2.41. The molecule has 10 heteroatoms. The summed E-state index contributed by atoms with van der Waals surface area (Å²) in [6, 6.07) is 0.291. The maximum absolute atomic E-state index is 11.8. The Morgan fingerprint density at radius 2 is 2.07 bits per heavy atom. The van der Waals surface area contributed by atoms with E-state index in [9.17, 15) is 14.7 Å². The van der Waals surface area contributed by atoms with Gasteiger partial charge in [-0.25, -0.2) is 14.5 Å². The largest absolute Gasteiger partial charge is 0.481 e. The van der Waals surface area contributed by atoms with Gasteiger partial charge in [-0.2, -0.15) is 5.10 Å². The number of nitrogens with one attached hydrogen (secondary N) is 2. The molecule has 0 bridgehead atoms.